The fourth-order valence-corrected chi connectivity index (χ4v) is 5.92. The summed E-state index contributed by atoms with van der Waals surface area (Å²) < 4.78 is 20.5. The molecule has 0 radical (unpaired) electrons. The lowest BCUT2D eigenvalue weighted by molar-refractivity contribution is -0.168. The van der Waals surface area contributed by atoms with Crippen molar-refractivity contribution in [2.75, 3.05) is 0 Å². The summed E-state index contributed by atoms with van der Waals surface area (Å²) in [7, 11) is 0. The molecular formula is C30H54N2O8S2. The molecule has 0 aromatic heterocycles. The van der Waals surface area contributed by atoms with Crippen molar-refractivity contribution in [1.29, 1.82) is 0 Å². The van der Waals surface area contributed by atoms with E-state index in [0.717, 1.165) is 12.8 Å². The molecule has 2 aliphatic heterocycles. The lowest BCUT2D eigenvalue weighted by Gasteiger charge is -2.53. The molecule has 2 heterocycles. The first-order valence-electron chi connectivity index (χ1n) is 14.8. The normalized spacial score (nSPS) is 24.1. The molecule has 2 aliphatic rings. The Bertz CT molecular complexity index is 939. The molecule has 0 aliphatic carbocycles. The second kappa shape index (κ2) is 14.8. The quantitative estimate of drug-likeness (QED) is 0.137. The molecule has 12 heteroatoms. The average molecular weight is 635 g/mol. The van der Waals surface area contributed by atoms with Crippen LogP contribution in [0.4, 0.5) is 9.59 Å². The van der Waals surface area contributed by atoms with E-state index in [1.54, 1.807) is 9.80 Å². The Labute approximate surface area is 264 Å². The molecular weight excluding hydrogens is 580 g/mol. The maximum atomic E-state index is 12.3. The van der Waals surface area contributed by atoms with Crippen LogP contribution in [0.3, 0.4) is 0 Å². The van der Waals surface area contributed by atoms with Crippen molar-refractivity contribution in [3.63, 3.8) is 0 Å². The minimum Gasteiger partial charge on any atom is -0.462 e. The van der Waals surface area contributed by atoms with Crippen molar-refractivity contribution in [3.8, 4) is 0 Å². The van der Waals surface area contributed by atoms with Crippen LogP contribution in [0.15, 0.2) is 0 Å². The summed E-state index contributed by atoms with van der Waals surface area (Å²) in [4.78, 5) is 51.4. The van der Waals surface area contributed by atoms with Gasteiger partial charge in [0.05, 0.1) is 10.8 Å². The van der Waals surface area contributed by atoms with Crippen molar-refractivity contribution in [2.24, 2.45) is 10.8 Å². The molecule has 10 nitrogen and oxygen atoms in total. The standard InChI is InChI=1S/C16H29NO4S.C14H25NO4S/c1-8-14(2,3)12(18)20-11-9-15(4,5)17(13(19)21-22)16(6,7)10-11;1-6-14(4,5)12(16)18-11-7-9(2)15(10(3)8-11)13(17)19-20/h11,22H,8-10H2,1-7H3;9-11,20H,6-8H2,1-5H3. The molecule has 2 saturated heterocycles. The monoisotopic (exact) mass is 634 g/mol. The minimum absolute atomic E-state index is 0.0408. The highest BCUT2D eigenvalue weighted by molar-refractivity contribution is 7.75. The highest BCUT2D eigenvalue weighted by Crippen LogP contribution is 2.41. The Balaban J connectivity index is 0.000000422. The molecule has 0 spiro atoms. The number of carbonyl (C=O) groups is 4. The van der Waals surface area contributed by atoms with Gasteiger partial charge in [0.15, 0.2) is 0 Å². The van der Waals surface area contributed by atoms with Gasteiger partial charge in [-0.3, -0.25) is 14.5 Å². The van der Waals surface area contributed by atoms with E-state index >= 15 is 0 Å². The van der Waals surface area contributed by atoms with Crippen molar-refractivity contribution in [1.82, 2.24) is 9.80 Å². The highest BCUT2D eigenvalue weighted by Gasteiger charge is 2.50. The Morgan fingerprint density at radius 1 is 0.714 bits per heavy atom. The number of hydrogen-bond acceptors (Lipinski definition) is 10. The summed E-state index contributed by atoms with van der Waals surface area (Å²) in [6.45, 7) is 23.1. The van der Waals surface area contributed by atoms with Crippen LogP contribution in [0, 0.1) is 10.8 Å². The average Bonchev–Trinajstić information content (AvgIpc) is 2.86. The number of piperidine rings is 2. The third-order valence-corrected chi connectivity index (χ3v) is 9.11. The largest absolute Gasteiger partial charge is 0.462 e. The highest BCUT2D eigenvalue weighted by atomic mass is 32.1. The van der Waals surface area contributed by atoms with Gasteiger partial charge in [-0.15, -0.1) is 0 Å². The Morgan fingerprint density at radius 2 is 1.07 bits per heavy atom. The van der Waals surface area contributed by atoms with Crippen LogP contribution in [-0.4, -0.2) is 69.3 Å². The van der Waals surface area contributed by atoms with E-state index in [1.165, 1.54) is 0 Å². The minimum atomic E-state index is -0.491. The van der Waals surface area contributed by atoms with Gasteiger partial charge < -0.3 is 22.7 Å². The molecule has 0 aromatic rings. The first-order chi connectivity index (χ1) is 19.1. The number of likely N-dealkylation sites (tertiary alicyclic amines) is 2. The van der Waals surface area contributed by atoms with Crippen LogP contribution in [0.2, 0.25) is 0 Å². The summed E-state index contributed by atoms with van der Waals surface area (Å²) in [5, 5.41) is 0. The summed E-state index contributed by atoms with van der Waals surface area (Å²) >= 11 is 7.19. The Morgan fingerprint density at radius 3 is 1.40 bits per heavy atom. The Kier molecular flexibility index (Phi) is 13.4. The number of thiol groups is 2. The zero-order chi connectivity index (χ0) is 32.8. The molecule has 244 valence electrons. The van der Waals surface area contributed by atoms with Gasteiger partial charge in [0.25, 0.3) is 0 Å². The number of amides is 2. The summed E-state index contributed by atoms with van der Waals surface area (Å²) in [6, 6.07) is -0.0816. The molecule has 2 unspecified atom stereocenters. The second-order valence-corrected chi connectivity index (χ2v) is 14.6. The van der Waals surface area contributed by atoms with Gasteiger partial charge >= 0.3 is 24.1 Å². The first-order valence-corrected chi connectivity index (χ1v) is 15.5. The maximum Gasteiger partial charge on any atom is 0.422 e. The van der Waals surface area contributed by atoms with Crippen molar-refractivity contribution >= 4 is 49.9 Å². The lowest BCUT2D eigenvalue weighted by Crippen LogP contribution is -2.64. The molecule has 42 heavy (non-hydrogen) atoms. The van der Waals surface area contributed by atoms with E-state index in [9.17, 15) is 19.2 Å². The summed E-state index contributed by atoms with van der Waals surface area (Å²) in [5.41, 5.74) is -1.92. The van der Waals surface area contributed by atoms with Gasteiger partial charge in [-0.25, -0.2) is 9.59 Å². The van der Waals surface area contributed by atoms with Gasteiger partial charge in [0.2, 0.25) is 0 Å². The first kappa shape index (κ1) is 38.2. The molecule has 2 amide bonds. The topological polar surface area (TPSA) is 112 Å². The van der Waals surface area contributed by atoms with Gasteiger partial charge in [-0.1, -0.05) is 13.8 Å². The SMILES string of the molecule is CCC(C)(C)C(=O)OC1CC(C)(C)N(C(=O)OS)C(C)(C)C1.CCC(C)(C)C(=O)OC1CC(C)N(C(=O)OS)C(C)C1. The number of ether oxygens (including phenoxy) is 2. The third kappa shape index (κ3) is 9.59. The van der Waals surface area contributed by atoms with E-state index in [4.69, 9.17) is 9.47 Å². The zero-order valence-corrected chi connectivity index (χ0v) is 29.4. The van der Waals surface area contributed by atoms with E-state index in [-0.39, 0.29) is 36.2 Å². The second-order valence-electron chi connectivity index (χ2n) is 14.2. The van der Waals surface area contributed by atoms with Crippen LogP contribution < -0.4 is 0 Å². The molecule has 2 atom stereocenters. The maximum absolute atomic E-state index is 12.3. The van der Waals surface area contributed by atoms with Crippen LogP contribution in [-0.2, 0) is 27.4 Å². The van der Waals surface area contributed by atoms with Crippen LogP contribution >= 0.6 is 25.8 Å². The van der Waals surface area contributed by atoms with E-state index in [0.29, 0.717) is 25.7 Å². The van der Waals surface area contributed by atoms with Crippen LogP contribution in [0.1, 0.15) is 122 Å². The molecule has 2 fully saturated rings. The smallest absolute Gasteiger partial charge is 0.422 e. The number of carbonyl (C=O) groups excluding carboxylic acids is 4. The summed E-state index contributed by atoms with van der Waals surface area (Å²) in [6.07, 6.45) is 2.57. The van der Waals surface area contributed by atoms with E-state index < -0.39 is 34.1 Å². The third-order valence-electron chi connectivity index (χ3n) is 8.79. The van der Waals surface area contributed by atoms with Gasteiger partial charge in [-0.05, 0) is 82.1 Å². The van der Waals surface area contributed by atoms with Crippen molar-refractivity contribution in [3.05, 3.63) is 0 Å². The van der Waals surface area contributed by atoms with Crippen molar-refractivity contribution < 1.29 is 37.0 Å². The predicted molar refractivity (Wildman–Crippen MR) is 168 cm³/mol. The fraction of sp³-hybridized carbons (Fsp3) is 0.867. The number of nitrogens with zero attached hydrogens (tertiary/aromatic N) is 2. The molecule has 0 N–H and O–H groups in total. The van der Waals surface area contributed by atoms with Gasteiger partial charge in [0, 0.05) is 74.7 Å². The van der Waals surface area contributed by atoms with E-state index in [1.807, 2.05) is 83.1 Å². The molecule has 0 bridgehead atoms. The van der Waals surface area contributed by atoms with E-state index in [2.05, 4.69) is 34.2 Å². The number of rotatable bonds is 6. The zero-order valence-electron chi connectivity index (χ0n) is 27.6. The molecule has 0 aromatic carbocycles. The Hall–Kier alpha value is -1.82. The van der Waals surface area contributed by atoms with Gasteiger partial charge in [-0.2, -0.15) is 0 Å². The predicted octanol–water partition coefficient (Wildman–Crippen LogP) is 7.16. The number of hydrogen-bond donors (Lipinski definition) is 2. The summed E-state index contributed by atoms with van der Waals surface area (Å²) in [5.74, 6) is -0.355. The molecule has 0 saturated carbocycles. The molecule has 2 rings (SSSR count). The van der Waals surface area contributed by atoms with Crippen LogP contribution in [0.25, 0.3) is 0 Å². The van der Waals surface area contributed by atoms with Crippen LogP contribution in [0.5, 0.6) is 0 Å². The lowest BCUT2D eigenvalue weighted by atomic mass is 9.78. The van der Waals surface area contributed by atoms with Gasteiger partial charge in [0.1, 0.15) is 12.2 Å². The number of esters is 2. The fourth-order valence-electron chi connectivity index (χ4n) is 5.74. The van der Waals surface area contributed by atoms with Crippen molar-refractivity contribution in [2.45, 2.75) is 157 Å².